The average Bonchev–Trinajstić information content (AvgIpc) is 3.69. The van der Waals surface area contributed by atoms with Crippen molar-refractivity contribution in [2.45, 2.75) is 51.7 Å². The minimum atomic E-state index is -4.35. The summed E-state index contributed by atoms with van der Waals surface area (Å²) in [6, 6.07) is 5.08. The summed E-state index contributed by atoms with van der Waals surface area (Å²) >= 11 is 0. The number of rotatable bonds is 8. The minimum Gasteiger partial charge on any atom is -0.462 e. The molecule has 3 aromatic rings. The van der Waals surface area contributed by atoms with Crippen LogP contribution in [0.15, 0.2) is 49.1 Å². The number of hydrogen-bond acceptors (Lipinski definition) is 9. The summed E-state index contributed by atoms with van der Waals surface area (Å²) in [5.41, 5.74) is 0.252. The van der Waals surface area contributed by atoms with Crippen molar-refractivity contribution in [2.75, 3.05) is 18.5 Å². The lowest BCUT2D eigenvalue weighted by Crippen LogP contribution is -2.21. The summed E-state index contributed by atoms with van der Waals surface area (Å²) < 4.78 is 47.7. The number of nitrogens with zero attached hydrogens (tertiary/aromatic N) is 4. The number of aromatic nitrogens is 4. The predicted molar refractivity (Wildman–Crippen MR) is 131 cm³/mol. The van der Waals surface area contributed by atoms with Crippen LogP contribution in [0.25, 0.3) is 0 Å². The van der Waals surface area contributed by atoms with Gasteiger partial charge in [0.25, 0.3) is 0 Å². The van der Waals surface area contributed by atoms with Gasteiger partial charge in [0, 0.05) is 24.8 Å². The molecule has 4 rings (SSSR count). The summed E-state index contributed by atoms with van der Waals surface area (Å²) in [5, 5.41) is 3.15. The average molecular weight is 532 g/mol. The largest absolute Gasteiger partial charge is 0.462 e. The highest BCUT2D eigenvalue weighted by Crippen LogP contribution is 2.48. The Morgan fingerprint density at radius 3 is 1.89 bits per heavy atom. The van der Waals surface area contributed by atoms with Crippen molar-refractivity contribution < 1.29 is 32.2 Å². The molecule has 1 aliphatic rings. The number of benzene rings is 1. The summed E-state index contributed by atoms with van der Waals surface area (Å²) in [6.07, 6.45) is 3.66. The molecule has 0 amide bonds. The first-order valence-electron chi connectivity index (χ1n) is 12.0. The first-order valence-corrected chi connectivity index (χ1v) is 12.0. The van der Waals surface area contributed by atoms with E-state index in [-0.39, 0.29) is 18.1 Å². The maximum atomic E-state index is 12.7. The van der Waals surface area contributed by atoms with Crippen molar-refractivity contribution in [3.63, 3.8) is 0 Å². The van der Waals surface area contributed by atoms with Gasteiger partial charge in [-0.1, -0.05) is 19.1 Å². The van der Waals surface area contributed by atoms with Crippen LogP contribution >= 0.6 is 0 Å². The van der Waals surface area contributed by atoms with E-state index in [2.05, 4.69) is 25.3 Å². The number of carbonyl (C=O) groups is 2. The van der Waals surface area contributed by atoms with Crippen LogP contribution in [0.4, 0.5) is 19.1 Å². The normalized spacial score (nSPS) is 13.5. The standard InChI is InChI=1S/C17H16F3N3O2.C9H12N2O2/c1-2-25-14(24)11-9-21-15(22-10-11)23-16(7-8-16)12-3-5-13(6-4-12)17(18,19)20;1-3-4-13-9(12)8-5-10-7(2)11-6-8/h3-6,9-10H,2,7-8H2,1H3,(H,21,22,23);5-6H,3-4H2,1-2H3. The molecule has 1 fully saturated rings. The number of esters is 2. The number of carbonyl (C=O) groups excluding carboxylic acids is 2. The van der Waals surface area contributed by atoms with E-state index in [0.29, 0.717) is 23.9 Å². The van der Waals surface area contributed by atoms with Crippen molar-refractivity contribution in [2.24, 2.45) is 0 Å². The zero-order valence-electron chi connectivity index (χ0n) is 21.2. The minimum absolute atomic E-state index is 0.242. The van der Waals surface area contributed by atoms with Crippen LogP contribution in [0.3, 0.4) is 0 Å². The molecule has 0 atom stereocenters. The molecule has 9 nitrogen and oxygen atoms in total. The van der Waals surface area contributed by atoms with Crippen LogP contribution in [0.1, 0.15) is 70.8 Å². The van der Waals surface area contributed by atoms with Gasteiger partial charge in [0.15, 0.2) is 0 Å². The van der Waals surface area contributed by atoms with Crippen LogP contribution in [-0.4, -0.2) is 45.1 Å². The van der Waals surface area contributed by atoms with E-state index in [4.69, 9.17) is 9.47 Å². The van der Waals surface area contributed by atoms with Gasteiger partial charge >= 0.3 is 18.1 Å². The molecule has 1 aliphatic carbocycles. The Labute approximate surface area is 217 Å². The first kappa shape index (κ1) is 28.5. The molecule has 0 radical (unpaired) electrons. The fourth-order valence-corrected chi connectivity index (χ4v) is 3.29. The monoisotopic (exact) mass is 531 g/mol. The van der Waals surface area contributed by atoms with Crippen molar-refractivity contribution in [1.82, 2.24) is 19.9 Å². The molecular weight excluding hydrogens is 503 g/mol. The van der Waals surface area contributed by atoms with E-state index in [0.717, 1.165) is 37.0 Å². The summed E-state index contributed by atoms with van der Waals surface area (Å²) in [5.74, 6) is 0.0947. The molecule has 0 saturated heterocycles. The van der Waals surface area contributed by atoms with E-state index >= 15 is 0 Å². The van der Waals surface area contributed by atoms with Gasteiger partial charge in [-0.05, 0) is 50.8 Å². The van der Waals surface area contributed by atoms with E-state index in [1.54, 1.807) is 13.8 Å². The molecule has 38 heavy (non-hydrogen) atoms. The van der Waals surface area contributed by atoms with Crippen LogP contribution in [-0.2, 0) is 21.2 Å². The van der Waals surface area contributed by atoms with Gasteiger partial charge in [-0.3, -0.25) is 0 Å². The molecule has 202 valence electrons. The van der Waals surface area contributed by atoms with E-state index < -0.39 is 23.2 Å². The van der Waals surface area contributed by atoms with Crippen LogP contribution < -0.4 is 5.32 Å². The van der Waals surface area contributed by atoms with Gasteiger partial charge in [-0.15, -0.1) is 0 Å². The van der Waals surface area contributed by atoms with E-state index in [9.17, 15) is 22.8 Å². The molecule has 2 aromatic heterocycles. The van der Waals surface area contributed by atoms with E-state index in [1.165, 1.54) is 36.9 Å². The number of aryl methyl sites for hydroxylation is 1. The third kappa shape index (κ3) is 7.70. The lowest BCUT2D eigenvalue weighted by molar-refractivity contribution is -0.137. The molecule has 2 heterocycles. The lowest BCUT2D eigenvalue weighted by Gasteiger charge is -2.18. The fourth-order valence-electron chi connectivity index (χ4n) is 3.29. The summed E-state index contributed by atoms with van der Waals surface area (Å²) in [4.78, 5) is 38.8. The van der Waals surface area contributed by atoms with Crippen molar-refractivity contribution in [3.8, 4) is 0 Å². The second kappa shape index (κ2) is 12.4. The molecule has 1 aromatic carbocycles. The first-order chi connectivity index (χ1) is 18.1. The maximum absolute atomic E-state index is 12.7. The van der Waals surface area contributed by atoms with Crippen LogP contribution in [0, 0.1) is 6.92 Å². The van der Waals surface area contributed by atoms with Gasteiger partial charge < -0.3 is 14.8 Å². The van der Waals surface area contributed by atoms with Crippen LogP contribution in [0.5, 0.6) is 0 Å². The number of halogens is 3. The highest BCUT2D eigenvalue weighted by atomic mass is 19.4. The number of anilines is 1. The van der Waals surface area contributed by atoms with Crippen molar-refractivity contribution in [3.05, 3.63) is 77.1 Å². The molecule has 0 aliphatic heterocycles. The molecule has 12 heteroatoms. The third-order valence-corrected chi connectivity index (χ3v) is 5.48. The molecular formula is C26H28F3N5O4. The number of nitrogens with one attached hydrogen (secondary N) is 1. The smallest absolute Gasteiger partial charge is 0.416 e. The SMILES string of the molecule is CCCOC(=O)c1cnc(C)nc1.CCOC(=O)c1cnc(NC2(c3ccc(C(F)(F)F)cc3)CC2)nc1. The molecule has 0 unspecified atom stereocenters. The highest BCUT2D eigenvalue weighted by molar-refractivity contribution is 5.89. The quantitative estimate of drug-likeness (QED) is 0.395. The Bertz CT molecular complexity index is 1210. The zero-order chi connectivity index (χ0) is 27.8. The Morgan fingerprint density at radius 2 is 1.42 bits per heavy atom. The zero-order valence-corrected chi connectivity index (χ0v) is 21.2. The summed E-state index contributed by atoms with van der Waals surface area (Å²) in [6.45, 7) is 6.11. The number of alkyl halides is 3. The second-order valence-electron chi connectivity index (χ2n) is 8.45. The van der Waals surface area contributed by atoms with Gasteiger partial charge in [-0.25, -0.2) is 29.5 Å². The highest BCUT2D eigenvalue weighted by Gasteiger charge is 2.45. The summed E-state index contributed by atoms with van der Waals surface area (Å²) in [7, 11) is 0. The molecule has 1 saturated carbocycles. The Balaban J connectivity index is 0.000000260. The molecule has 0 spiro atoms. The lowest BCUT2D eigenvalue weighted by atomic mass is 10.0. The number of hydrogen-bond donors (Lipinski definition) is 1. The van der Waals surface area contributed by atoms with Crippen molar-refractivity contribution >= 4 is 17.9 Å². The van der Waals surface area contributed by atoms with Gasteiger partial charge in [0.1, 0.15) is 5.82 Å². The van der Waals surface area contributed by atoms with Gasteiger partial charge in [0.05, 0.1) is 35.4 Å². The maximum Gasteiger partial charge on any atom is 0.416 e. The molecule has 0 bridgehead atoms. The van der Waals surface area contributed by atoms with Gasteiger partial charge in [-0.2, -0.15) is 13.2 Å². The van der Waals surface area contributed by atoms with Crippen LogP contribution in [0.2, 0.25) is 0 Å². The van der Waals surface area contributed by atoms with Crippen molar-refractivity contribution in [1.29, 1.82) is 0 Å². The number of ether oxygens (including phenoxy) is 2. The Morgan fingerprint density at radius 1 is 0.895 bits per heavy atom. The topological polar surface area (TPSA) is 116 Å². The second-order valence-corrected chi connectivity index (χ2v) is 8.45. The third-order valence-electron chi connectivity index (χ3n) is 5.48. The van der Waals surface area contributed by atoms with Gasteiger partial charge in [0.2, 0.25) is 5.95 Å². The Hall–Kier alpha value is -4.09. The Kier molecular flexibility index (Phi) is 9.32. The fraction of sp³-hybridized carbons (Fsp3) is 0.385. The predicted octanol–water partition coefficient (Wildman–Crippen LogP) is 5.13. The molecule has 1 N–H and O–H groups in total. The van der Waals surface area contributed by atoms with E-state index in [1.807, 2.05) is 6.92 Å².